The lowest BCUT2D eigenvalue weighted by Gasteiger charge is -2.06. The molecule has 3 aromatic rings. The van der Waals surface area contributed by atoms with Crippen molar-refractivity contribution < 1.29 is 9.18 Å². The monoisotopic (exact) mass is 351 g/mol. The second-order valence-corrected chi connectivity index (χ2v) is 5.78. The highest BCUT2D eigenvalue weighted by Crippen LogP contribution is 2.18. The van der Waals surface area contributed by atoms with Crippen molar-refractivity contribution in [3.63, 3.8) is 0 Å². The van der Waals surface area contributed by atoms with Gasteiger partial charge in [0, 0.05) is 16.6 Å². The molecule has 26 heavy (non-hydrogen) atoms. The van der Waals surface area contributed by atoms with Crippen molar-refractivity contribution in [3.05, 3.63) is 78.0 Å². The number of fused-ring (bicyclic) bond motifs is 1. The molecular weight excluding hydrogens is 333 g/mol. The summed E-state index contributed by atoms with van der Waals surface area (Å²) < 4.78 is 13.3. The summed E-state index contributed by atoms with van der Waals surface area (Å²) in [7, 11) is 0. The Morgan fingerprint density at radius 3 is 2.62 bits per heavy atom. The van der Waals surface area contributed by atoms with Crippen LogP contribution in [0.25, 0.3) is 10.9 Å². The third-order valence-electron chi connectivity index (χ3n) is 3.76. The van der Waals surface area contributed by atoms with Crippen molar-refractivity contribution in [3.8, 4) is 0 Å². The van der Waals surface area contributed by atoms with Gasteiger partial charge in [-0.3, -0.25) is 10.2 Å². The van der Waals surface area contributed by atoms with Crippen molar-refractivity contribution in [2.45, 2.75) is 6.92 Å². The second kappa shape index (κ2) is 7.10. The first-order valence-electron chi connectivity index (χ1n) is 7.87. The molecule has 0 saturated heterocycles. The zero-order chi connectivity index (χ0) is 18.7. The minimum atomic E-state index is -0.344. The van der Waals surface area contributed by atoms with Crippen LogP contribution in [0, 0.1) is 5.82 Å². The molecular formula is C19H18FN5O. The Hall–Kier alpha value is -3.61. The Morgan fingerprint density at radius 2 is 1.92 bits per heavy atom. The van der Waals surface area contributed by atoms with Crippen molar-refractivity contribution >= 4 is 28.2 Å². The van der Waals surface area contributed by atoms with Gasteiger partial charge < -0.3 is 16.0 Å². The quantitative estimate of drug-likeness (QED) is 0.419. The molecule has 3 rings (SSSR count). The fourth-order valence-corrected chi connectivity index (χ4v) is 2.44. The van der Waals surface area contributed by atoms with E-state index < -0.39 is 0 Å². The summed E-state index contributed by atoms with van der Waals surface area (Å²) in [5.74, 6) is -0.393. The van der Waals surface area contributed by atoms with Gasteiger partial charge in [0.15, 0.2) is 0 Å². The first-order valence-corrected chi connectivity index (χ1v) is 7.87. The largest absolute Gasteiger partial charge is 0.385 e. The predicted molar refractivity (Wildman–Crippen MR) is 101 cm³/mol. The van der Waals surface area contributed by atoms with E-state index in [4.69, 9.17) is 5.73 Å². The number of carbonyl (C=O) groups excluding carboxylic acids is 1. The van der Waals surface area contributed by atoms with Crippen molar-refractivity contribution in [1.82, 2.24) is 10.4 Å². The highest BCUT2D eigenvalue weighted by molar-refractivity contribution is 6.06. The van der Waals surface area contributed by atoms with Crippen LogP contribution < -0.4 is 16.5 Å². The number of aromatic amines is 1. The first-order chi connectivity index (χ1) is 12.4. The summed E-state index contributed by atoms with van der Waals surface area (Å²) in [6, 6.07) is 13.1. The number of H-pyrrole nitrogens is 1. The van der Waals surface area contributed by atoms with Gasteiger partial charge in [-0.1, -0.05) is 18.7 Å². The summed E-state index contributed by atoms with van der Waals surface area (Å²) in [6.07, 6.45) is 0. The maximum Gasteiger partial charge on any atom is 0.272 e. The van der Waals surface area contributed by atoms with Gasteiger partial charge in [-0.25, -0.2) is 4.39 Å². The molecule has 1 heterocycles. The van der Waals surface area contributed by atoms with Crippen LogP contribution in [-0.2, 0) is 0 Å². The van der Waals surface area contributed by atoms with Crippen LogP contribution in [0.5, 0.6) is 0 Å². The number of nitrogens with two attached hydrogens (primary N) is 1. The van der Waals surface area contributed by atoms with Gasteiger partial charge in [-0.2, -0.15) is 5.10 Å². The minimum absolute atomic E-state index is 0.256. The van der Waals surface area contributed by atoms with Crippen LogP contribution in [-0.4, -0.2) is 16.6 Å². The number of hydrogen-bond acceptors (Lipinski definition) is 4. The van der Waals surface area contributed by atoms with Crippen LogP contribution in [0.1, 0.15) is 23.0 Å². The molecule has 5 N–H and O–H groups in total. The van der Waals surface area contributed by atoms with Crippen molar-refractivity contribution in [2.24, 2.45) is 10.8 Å². The van der Waals surface area contributed by atoms with E-state index in [9.17, 15) is 9.18 Å². The zero-order valence-electron chi connectivity index (χ0n) is 14.1. The predicted octanol–water partition coefficient (Wildman–Crippen LogP) is 3.30. The van der Waals surface area contributed by atoms with E-state index in [0.29, 0.717) is 22.3 Å². The number of hydrazone groups is 1. The molecule has 0 fully saturated rings. The van der Waals surface area contributed by atoms with Crippen molar-refractivity contribution in [1.29, 1.82) is 0 Å². The van der Waals surface area contributed by atoms with Crippen LogP contribution >= 0.6 is 0 Å². The molecule has 6 nitrogen and oxygen atoms in total. The lowest BCUT2D eigenvalue weighted by molar-refractivity contribution is 0.102. The molecule has 0 aliphatic carbocycles. The number of benzene rings is 2. The summed E-state index contributed by atoms with van der Waals surface area (Å²) >= 11 is 0. The van der Waals surface area contributed by atoms with Gasteiger partial charge in [0.25, 0.3) is 5.91 Å². The molecule has 2 aromatic carbocycles. The standard InChI is InChI=1S/C19H18FN5O/c1-11(24-25-12(2)21)13-3-6-16(7-4-13)22-19(26)18-10-14-9-15(20)5-8-17(14)23-18/h3-10,23,25H,2,21H2,1H3,(H,22,26)/b24-11-. The number of hydrogen-bond donors (Lipinski definition) is 4. The van der Waals surface area contributed by atoms with Gasteiger partial charge >= 0.3 is 0 Å². The summed E-state index contributed by atoms with van der Waals surface area (Å²) in [5, 5.41) is 7.52. The van der Waals surface area contributed by atoms with E-state index in [-0.39, 0.29) is 17.5 Å². The number of anilines is 1. The Morgan fingerprint density at radius 1 is 1.19 bits per heavy atom. The molecule has 0 spiro atoms. The molecule has 1 amide bonds. The third-order valence-corrected chi connectivity index (χ3v) is 3.76. The van der Waals surface area contributed by atoms with Gasteiger partial charge in [-0.15, -0.1) is 0 Å². The zero-order valence-corrected chi connectivity index (χ0v) is 14.1. The topological polar surface area (TPSA) is 95.3 Å². The average Bonchev–Trinajstić information content (AvgIpc) is 3.03. The van der Waals surface area contributed by atoms with Crippen LogP contribution in [0.4, 0.5) is 10.1 Å². The highest BCUT2D eigenvalue weighted by Gasteiger charge is 2.10. The average molecular weight is 351 g/mol. The smallest absolute Gasteiger partial charge is 0.272 e. The summed E-state index contributed by atoms with van der Waals surface area (Å²) in [4.78, 5) is 15.3. The van der Waals surface area contributed by atoms with E-state index in [1.54, 1.807) is 24.3 Å². The van der Waals surface area contributed by atoms with Crippen LogP contribution in [0.2, 0.25) is 0 Å². The molecule has 0 aliphatic heterocycles. The van der Waals surface area contributed by atoms with E-state index in [2.05, 4.69) is 27.4 Å². The summed E-state index contributed by atoms with van der Waals surface area (Å²) in [6.45, 7) is 5.33. The molecule has 0 bridgehead atoms. The minimum Gasteiger partial charge on any atom is -0.385 e. The van der Waals surface area contributed by atoms with E-state index in [1.165, 1.54) is 12.1 Å². The normalized spacial score (nSPS) is 11.4. The fraction of sp³-hybridized carbons (Fsp3) is 0.0526. The lowest BCUT2D eigenvalue weighted by atomic mass is 10.1. The number of carbonyl (C=O) groups is 1. The Bertz CT molecular complexity index is 1000. The summed E-state index contributed by atoms with van der Waals surface area (Å²) in [5.41, 5.74) is 11.3. The molecule has 1 aromatic heterocycles. The van der Waals surface area contributed by atoms with E-state index in [1.807, 2.05) is 19.1 Å². The van der Waals surface area contributed by atoms with Gasteiger partial charge in [-0.05, 0) is 48.9 Å². The SMILES string of the molecule is C=C(N)N/N=C(/C)c1ccc(NC(=O)c2cc3cc(F)ccc3[nH]2)cc1. The van der Waals surface area contributed by atoms with E-state index >= 15 is 0 Å². The van der Waals surface area contributed by atoms with Crippen LogP contribution in [0.15, 0.2) is 66.0 Å². The molecule has 0 atom stereocenters. The number of halogens is 1. The number of rotatable bonds is 5. The maximum atomic E-state index is 13.3. The van der Waals surface area contributed by atoms with Crippen molar-refractivity contribution in [2.75, 3.05) is 5.32 Å². The number of amides is 1. The number of nitrogens with zero attached hydrogens (tertiary/aromatic N) is 1. The number of nitrogens with one attached hydrogen (secondary N) is 3. The highest BCUT2D eigenvalue weighted by atomic mass is 19.1. The molecule has 132 valence electrons. The molecule has 0 radical (unpaired) electrons. The molecule has 7 heteroatoms. The molecule has 0 unspecified atom stereocenters. The van der Waals surface area contributed by atoms with Gasteiger partial charge in [0.2, 0.25) is 0 Å². The van der Waals surface area contributed by atoms with Gasteiger partial charge in [0.1, 0.15) is 17.3 Å². The molecule has 0 saturated carbocycles. The second-order valence-electron chi connectivity index (χ2n) is 5.78. The lowest BCUT2D eigenvalue weighted by Crippen LogP contribution is -2.15. The van der Waals surface area contributed by atoms with Crippen LogP contribution in [0.3, 0.4) is 0 Å². The third kappa shape index (κ3) is 3.89. The maximum absolute atomic E-state index is 13.3. The Labute approximate surface area is 149 Å². The first kappa shape index (κ1) is 17.2. The Balaban J connectivity index is 1.72. The Kier molecular flexibility index (Phi) is 4.70. The van der Waals surface area contributed by atoms with Gasteiger partial charge in [0.05, 0.1) is 5.71 Å². The van der Waals surface area contributed by atoms with E-state index in [0.717, 1.165) is 11.3 Å². The number of aromatic nitrogens is 1. The molecule has 0 aliphatic rings. The fourth-order valence-electron chi connectivity index (χ4n) is 2.44.